The van der Waals surface area contributed by atoms with Crippen molar-refractivity contribution < 1.29 is 24.3 Å². The second kappa shape index (κ2) is 13.7. The highest BCUT2D eigenvalue weighted by Gasteiger charge is 2.19. The first-order valence-corrected chi connectivity index (χ1v) is 13.6. The van der Waals surface area contributed by atoms with Gasteiger partial charge in [-0.15, -0.1) is 11.3 Å². The van der Waals surface area contributed by atoms with Crippen LogP contribution in [0.1, 0.15) is 48.8 Å². The summed E-state index contributed by atoms with van der Waals surface area (Å²) >= 11 is 1.70. The molecular formula is C27H38N4O5S. The Morgan fingerprint density at radius 3 is 2.68 bits per heavy atom. The summed E-state index contributed by atoms with van der Waals surface area (Å²) in [6.45, 7) is 12.9. The van der Waals surface area contributed by atoms with Crippen molar-refractivity contribution in [1.29, 1.82) is 0 Å². The number of aryl methyl sites for hydroxylation is 3. The van der Waals surface area contributed by atoms with E-state index >= 15 is 0 Å². The number of amides is 1. The maximum absolute atomic E-state index is 11.2. The van der Waals surface area contributed by atoms with Crippen molar-refractivity contribution in [2.75, 3.05) is 32.8 Å². The molecule has 0 unspecified atom stereocenters. The number of nitrogens with zero attached hydrogens (tertiary/aromatic N) is 3. The zero-order valence-corrected chi connectivity index (χ0v) is 23.2. The molecule has 3 N–H and O–H groups in total. The molecule has 9 nitrogen and oxygen atoms in total. The van der Waals surface area contributed by atoms with E-state index in [-0.39, 0.29) is 13.2 Å². The van der Waals surface area contributed by atoms with Crippen LogP contribution in [0.4, 0.5) is 0 Å². The second-order valence-corrected chi connectivity index (χ2v) is 10.2. The predicted octanol–water partition coefficient (Wildman–Crippen LogP) is 3.72. The molecule has 0 saturated heterocycles. The summed E-state index contributed by atoms with van der Waals surface area (Å²) in [4.78, 5) is 20.6. The number of carbonyl (C=O) groups excluding carboxylic acids is 1. The largest absolute Gasteiger partial charge is 0.490 e. The van der Waals surface area contributed by atoms with E-state index in [0.717, 1.165) is 47.6 Å². The molecular weight excluding hydrogens is 492 g/mol. The Bertz CT molecular complexity index is 1180. The van der Waals surface area contributed by atoms with Crippen molar-refractivity contribution in [2.24, 2.45) is 0 Å². The maximum atomic E-state index is 11.2. The molecule has 202 valence electrons. The van der Waals surface area contributed by atoms with Gasteiger partial charge in [-0.2, -0.15) is 4.98 Å². The second-order valence-electron chi connectivity index (χ2n) is 9.07. The smallest absolute Gasteiger partial charge is 0.268 e. The van der Waals surface area contributed by atoms with Crippen LogP contribution in [0.5, 0.6) is 5.75 Å². The monoisotopic (exact) mass is 530 g/mol. The van der Waals surface area contributed by atoms with Crippen LogP contribution in [0.25, 0.3) is 22.2 Å². The van der Waals surface area contributed by atoms with Crippen molar-refractivity contribution in [3.05, 3.63) is 39.8 Å². The number of hydrogen-bond acceptors (Lipinski definition) is 9. The molecule has 0 aliphatic rings. The molecule has 3 aromatic rings. The summed E-state index contributed by atoms with van der Waals surface area (Å²) < 4.78 is 11.5. The van der Waals surface area contributed by atoms with E-state index in [1.54, 1.807) is 11.3 Å². The van der Waals surface area contributed by atoms with Crippen LogP contribution in [-0.4, -0.2) is 70.1 Å². The van der Waals surface area contributed by atoms with Gasteiger partial charge in [0, 0.05) is 23.5 Å². The summed E-state index contributed by atoms with van der Waals surface area (Å²) in [6, 6.07) is 6.04. The average Bonchev–Trinajstić information content (AvgIpc) is 3.52. The molecule has 1 atom stereocenters. The Kier molecular flexibility index (Phi) is 10.6. The van der Waals surface area contributed by atoms with E-state index < -0.39 is 18.6 Å². The fraction of sp³-hybridized carbons (Fsp3) is 0.519. The summed E-state index contributed by atoms with van der Waals surface area (Å²) in [7, 11) is 0. The fourth-order valence-electron chi connectivity index (χ4n) is 4.06. The Morgan fingerprint density at radius 2 is 2.00 bits per heavy atom. The fourth-order valence-corrected chi connectivity index (χ4v) is 5.20. The summed E-state index contributed by atoms with van der Waals surface area (Å²) in [5, 5.41) is 25.6. The lowest BCUT2D eigenvalue weighted by Crippen LogP contribution is -2.36. The number of nitrogens with one attached hydrogen (secondary N) is 1. The Hall–Kier alpha value is -2.79. The van der Waals surface area contributed by atoms with Crippen LogP contribution in [0.3, 0.4) is 0 Å². The van der Waals surface area contributed by atoms with E-state index in [9.17, 15) is 9.90 Å². The molecule has 0 saturated carbocycles. The van der Waals surface area contributed by atoms with Crippen molar-refractivity contribution in [3.63, 3.8) is 0 Å². The van der Waals surface area contributed by atoms with Gasteiger partial charge in [-0.1, -0.05) is 25.9 Å². The molecule has 2 heterocycles. The number of rotatable bonds is 14. The van der Waals surface area contributed by atoms with Crippen molar-refractivity contribution in [2.45, 2.75) is 60.1 Å². The van der Waals surface area contributed by atoms with Gasteiger partial charge in [0.15, 0.2) is 0 Å². The number of hydrogen-bond donors (Lipinski definition) is 3. The van der Waals surface area contributed by atoms with Crippen LogP contribution in [0, 0.1) is 13.8 Å². The highest BCUT2D eigenvalue weighted by molar-refractivity contribution is 7.15. The molecule has 0 aliphatic heterocycles. The number of aliphatic hydroxyl groups excluding tert-OH is 2. The third-order valence-corrected chi connectivity index (χ3v) is 7.31. The van der Waals surface area contributed by atoms with Crippen molar-refractivity contribution in [1.82, 2.24) is 20.4 Å². The number of carbonyl (C=O) groups is 1. The third-order valence-electron chi connectivity index (χ3n) is 6.10. The SMILES string of the molecule is CCCN(CC)Cc1sc(-c2nc(-c3cc(C)c(OC[C@@H](O)CNC(=O)CO)c(CC)c3)no2)cc1C. The minimum atomic E-state index is -0.899. The van der Waals surface area contributed by atoms with E-state index in [1.165, 1.54) is 10.4 Å². The first-order chi connectivity index (χ1) is 17.8. The van der Waals surface area contributed by atoms with E-state index in [1.807, 2.05) is 26.0 Å². The quantitative estimate of drug-likeness (QED) is 0.288. The third kappa shape index (κ3) is 7.61. The Labute approximate surface area is 222 Å². The number of aromatic nitrogens is 2. The van der Waals surface area contributed by atoms with Gasteiger partial charge in [-0.25, -0.2) is 0 Å². The highest BCUT2D eigenvalue weighted by atomic mass is 32.1. The van der Waals surface area contributed by atoms with Crippen LogP contribution >= 0.6 is 11.3 Å². The highest BCUT2D eigenvalue weighted by Crippen LogP contribution is 2.34. The standard InChI is InChI=1S/C27H38N4O5S/c1-6-9-31(8-3)14-23-17(4)11-22(37-23)27-29-26(30-36-27)20-10-18(5)25(19(7-2)12-20)35-16-21(33)13-28-24(34)15-32/h10-12,21,32-33H,6-9,13-16H2,1-5H3,(H,28,34)/t21-/m0/s1. The molecule has 0 bridgehead atoms. The minimum absolute atomic E-state index is 0.00259. The first kappa shape index (κ1) is 28.8. The number of aliphatic hydroxyl groups is 2. The summed E-state index contributed by atoms with van der Waals surface area (Å²) in [6.07, 6.45) is 0.945. The van der Waals surface area contributed by atoms with Crippen LogP contribution in [0.2, 0.25) is 0 Å². The average molecular weight is 531 g/mol. The minimum Gasteiger partial charge on any atom is -0.490 e. The van der Waals surface area contributed by atoms with Gasteiger partial charge in [0.2, 0.25) is 11.7 Å². The van der Waals surface area contributed by atoms with Gasteiger partial charge in [0.05, 0.1) is 4.88 Å². The van der Waals surface area contributed by atoms with E-state index in [0.29, 0.717) is 23.9 Å². The van der Waals surface area contributed by atoms with Gasteiger partial charge in [0.25, 0.3) is 5.89 Å². The maximum Gasteiger partial charge on any atom is 0.268 e. The van der Waals surface area contributed by atoms with Gasteiger partial charge >= 0.3 is 0 Å². The van der Waals surface area contributed by atoms with Crippen LogP contribution in [0.15, 0.2) is 22.7 Å². The number of ether oxygens (including phenoxy) is 1. The van der Waals surface area contributed by atoms with Gasteiger partial charge in [0.1, 0.15) is 25.1 Å². The lowest BCUT2D eigenvalue weighted by molar-refractivity contribution is -0.124. The van der Waals surface area contributed by atoms with Crippen LogP contribution in [-0.2, 0) is 17.8 Å². The summed E-state index contributed by atoms with van der Waals surface area (Å²) in [5.41, 5.74) is 3.91. The molecule has 0 aliphatic carbocycles. The van der Waals surface area contributed by atoms with E-state index in [4.69, 9.17) is 14.4 Å². The first-order valence-electron chi connectivity index (χ1n) is 12.8. The Morgan fingerprint density at radius 1 is 1.22 bits per heavy atom. The molecule has 2 aromatic heterocycles. The van der Waals surface area contributed by atoms with Gasteiger partial charge in [-0.05, 0) is 74.7 Å². The molecule has 1 aromatic carbocycles. The van der Waals surface area contributed by atoms with Gasteiger partial charge in [-0.3, -0.25) is 9.69 Å². The van der Waals surface area contributed by atoms with E-state index in [2.05, 4.69) is 47.2 Å². The molecule has 37 heavy (non-hydrogen) atoms. The lowest BCUT2D eigenvalue weighted by atomic mass is 10.0. The topological polar surface area (TPSA) is 121 Å². The zero-order valence-electron chi connectivity index (χ0n) is 22.3. The normalized spacial score (nSPS) is 12.2. The van der Waals surface area contributed by atoms with Crippen LogP contribution < -0.4 is 10.1 Å². The van der Waals surface area contributed by atoms with Gasteiger partial charge < -0.3 is 24.8 Å². The summed E-state index contributed by atoms with van der Waals surface area (Å²) in [5.74, 6) is 1.17. The van der Waals surface area contributed by atoms with Crippen molar-refractivity contribution in [3.8, 4) is 27.9 Å². The molecule has 0 radical (unpaired) electrons. The Balaban J connectivity index is 1.74. The molecule has 0 spiro atoms. The number of benzene rings is 1. The molecule has 10 heteroatoms. The lowest BCUT2D eigenvalue weighted by Gasteiger charge is -2.18. The zero-order chi connectivity index (χ0) is 26.9. The predicted molar refractivity (Wildman–Crippen MR) is 145 cm³/mol. The van der Waals surface area contributed by atoms with Crippen molar-refractivity contribution >= 4 is 17.2 Å². The number of thiophene rings is 1. The molecule has 3 rings (SSSR count). The molecule has 0 fully saturated rings. The molecule has 1 amide bonds.